The van der Waals surface area contributed by atoms with Gasteiger partial charge in [0.05, 0.1) is 13.2 Å². The fraction of sp³-hybridized carbons (Fsp3) is 0.538. The molecule has 3 heteroatoms. The summed E-state index contributed by atoms with van der Waals surface area (Å²) >= 11 is 5.85. The molecule has 1 saturated heterocycles. The van der Waals surface area contributed by atoms with Gasteiger partial charge in [0.15, 0.2) is 0 Å². The van der Waals surface area contributed by atoms with Crippen LogP contribution in [-0.4, -0.2) is 24.9 Å². The quantitative estimate of drug-likeness (QED) is 0.880. The average Bonchev–Trinajstić information content (AvgIpc) is 2.33. The molecule has 1 aromatic carbocycles. The standard InChI is InChI=1S/C13H17ClO2/c14-12-4-2-11(3-5-12)8-13(9-15)6-1-7-16-10-13/h2-5,15H,1,6-10H2. The van der Waals surface area contributed by atoms with Crippen molar-refractivity contribution in [3.8, 4) is 0 Å². The molecule has 1 atom stereocenters. The summed E-state index contributed by atoms with van der Waals surface area (Å²) in [6, 6.07) is 7.83. The first kappa shape index (κ1) is 11.9. The minimum absolute atomic E-state index is 0.0912. The van der Waals surface area contributed by atoms with Gasteiger partial charge in [-0.25, -0.2) is 0 Å². The van der Waals surface area contributed by atoms with Crippen LogP contribution in [-0.2, 0) is 11.2 Å². The lowest BCUT2D eigenvalue weighted by atomic mass is 9.78. The number of hydrogen-bond donors (Lipinski definition) is 1. The molecule has 16 heavy (non-hydrogen) atoms. The van der Waals surface area contributed by atoms with Crippen molar-refractivity contribution in [2.75, 3.05) is 19.8 Å². The van der Waals surface area contributed by atoms with Crippen LogP contribution in [0.15, 0.2) is 24.3 Å². The van der Waals surface area contributed by atoms with Crippen LogP contribution < -0.4 is 0 Å². The lowest BCUT2D eigenvalue weighted by molar-refractivity contribution is -0.0378. The van der Waals surface area contributed by atoms with Gasteiger partial charge in [0.2, 0.25) is 0 Å². The van der Waals surface area contributed by atoms with E-state index in [0.29, 0.717) is 6.61 Å². The summed E-state index contributed by atoms with van der Waals surface area (Å²) in [6.07, 6.45) is 2.93. The van der Waals surface area contributed by atoms with Gasteiger partial charge >= 0.3 is 0 Å². The van der Waals surface area contributed by atoms with E-state index in [-0.39, 0.29) is 12.0 Å². The fourth-order valence-electron chi connectivity index (χ4n) is 2.27. The Morgan fingerprint density at radius 3 is 2.62 bits per heavy atom. The highest BCUT2D eigenvalue weighted by molar-refractivity contribution is 6.30. The molecule has 2 rings (SSSR count). The van der Waals surface area contributed by atoms with Gasteiger partial charge in [-0.15, -0.1) is 0 Å². The largest absolute Gasteiger partial charge is 0.396 e. The first-order chi connectivity index (χ1) is 7.74. The normalized spacial score (nSPS) is 25.6. The van der Waals surface area contributed by atoms with Gasteiger partial charge < -0.3 is 9.84 Å². The van der Waals surface area contributed by atoms with Crippen LogP contribution in [0.3, 0.4) is 0 Å². The third-order valence-electron chi connectivity index (χ3n) is 3.23. The van der Waals surface area contributed by atoms with Crippen LogP contribution in [0.5, 0.6) is 0 Å². The molecule has 0 saturated carbocycles. The Kier molecular flexibility index (Phi) is 3.85. The molecule has 1 aliphatic rings. The minimum Gasteiger partial charge on any atom is -0.396 e. The number of halogens is 1. The van der Waals surface area contributed by atoms with E-state index in [9.17, 15) is 5.11 Å². The number of rotatable bonds is 3. The summed E-state index contributed by atoms with van der Waals surface area (Å²) in [4.78, 5) is 0. The predicted octanol–water partition coefficient (Wildman–Crippen LogP) is 2.67. The Hall–Kier alpha value is -0.570. The Morgan fingerprint density at radius 1 is 1.31 bits per heavy atom. The van der Waals surface area contributed by atoms with Crippen molar-refractivity contribution in [2.24, 2.45) is 5.41 Å². The highest BCUT2D eigenvalue weighted by Crippen LogP contribution is 2.32. The first-order valence-electron chi connectivity index (χ1n) is 5.67. The molecule has 0 aromatic heterocycles. The highest BCUT2D eigenvalue weighted by atomic mass is 35.5. The molecule has 88 valence electrons. The Morgan fingerprint density at radius 2 is 2.06 bits per heavy atom. The van der Waals surface area contributed by atoms with Crippen LogP contribution >= 0.6 is 11.6 Å². The second-order valence-electron chi connectivity index (χ2n) is 4.62. The van der Waals surface area contributed by atoms with E-state index in [4.69, 9.17) is 16.3 Å². The molecule has 1 fully saturated rings. The molecule has 0 spiro atoms. The second kappa shape index (κ2) is 5.17. The van der Waals surface area contributed by atoms with Gasteiger partial charge in [0, 0.05) is 17.0 Å². The molecular formula is C13H17ClO2. The van der Waals surface area contributed by atoms with Crippen molar-refractivity contribution in [3.63, 3.8) is 0 Å². The zero-order chi connectivity index (χ0) is 11.4. The zero-order valence-corrected chi connectivity index (χ0v) is 10.0. The van der Waals surface area contributed by atoms with Gasteiger partial charge in [-0.3, -0.25) is 0 Å². The Balaban J connectivity index is 2.08. The van der Waals surface area contributed by atoms with Crippen LogP contribution in [0.2, 0.25) is 5.02 Å². The minimum atomic E-state index is -0.0912. The van der Waals surface area contributed by atoms with Crippen LogP contribution in [0.25, 0.3) is 0 Å². The van der Waals surface area contributed by atoms with Gasteiger partial charge in [0.25, 0.3) is 0 Å². The SMILES string of the molecule is OCC1(Cc2ccc(Cl)cc2)CCCOC1. The molecule has 2 nitrogen and oxygen atoms in total. The maximum atomic E-state index is 9.55. The summed E-state index contributed by atoms with van der Waals surface area (Å²) in [5.74, 6) is 0. The van der Waals surface area contributed by atoms with Gasteiger partial charge in [-0.1, -0.05) is 23.7 Å². The molecular weight excluding hydrogens is 224 g/mol. The van der Waals surface area contributed by atoms with Crippen molar-refractivity contribution in [1.82, 2.24) is 0 Å². The third-order valence-corrected chi connectivity index (χ3v) is 3.48. The molecule has 1 aromatic rings. The Labute approximate surface area is 101 Å². The summed E-state index contributed by atoms with van der Waals surface area (Å²) in [6.45, 7) is 1.67. The first-order valence-corrected chi connectivity index (χ1v) is 6.05. The van der Waals surface area contributed by atoms with Crippen LogP contribution in [0, 0.1) is 5.41 Å². The molecule has 1 N–H and O–H groups in total. The topological polar surface area (TPSA) is 29.5 Å². The lowest BCUT2D eigenvalue weighted by Crippen LogP contribution is -2.37. The molecule has 0 amide bonds. The molecule has 1 heterocycles. The van der Waals surface area contributed by atoms with E-state index in [1.165, 1.54) is 5.56 Å². The van der Waals surface area contributed by atoms with E-state index in [1.807, 2.05) is 24.3 Å². The summed E-state index contributed by atoms with van der Waals surface area (Å²) < 4.78 is 5.49. The van der Waals surface area contributed by atoms with Gasteiger partial charge in [-0.2, -0.15) is 0 Å². The van der Waals surface area contributed by atoms with Gasteiger partial charge in [-0.05, 0) is 37.0 Å². The maximum Gasteiger partial charge on any atom is 0.0547 e. The van der Waals surface area contributed by atoms with Crippen molar-refractivity contribution in [3.05, 3.63) is 34.9 Å². The van der Waals surface area contributed by atoms with Crippen LogP contribution in [0.4, 0.5) is 0 Å². The summed E-state index contributed by atoms with van der Waals surface area (Å²) in [5.41, 5.74) is 1.12. The third kappa shape index (κ3) is 2.76. The van der Waals surface area contributed by atoms with Crippen molar-refractivity contribution in [1.29, 1.82) is 0 Å². The monoisotopic (exact) mass is 240 g/mol. The predicted molar refractivity (Wildman–Crippen MR) is 64.7 cm³/mol. The van der Waals surface area contributed by atoms with E-state index in [1.54, 1.807) is 0 Å². The fourth-order valence-corrected chi connectivity index (χ4v) is 2.39. The number of benzene rings is 1. The zero-order valence-electron chi connectivity index (χ0n) is 9.29. The van der Waals surface area contributed by atoms with Crippen molar-refractivity contribution >= 4 is 11.6 Å². The van der Waals surface area contributed by atoms with Crippen molar-refractivity contribution in [2.45, 2.75) is 19.3 Å². The van der Waals surface area contributed by atoms with E-state index in [2.05, 4.69) is 0 Å². The molecule has 0 aliphatic carbocycles. The number of aliphatic hydroxyl groups is 1. The van der Waals surface area contributed by atoms with E-state index >= 15 is 0 Å². The summed E-state index contributed by atoms with van der Waals surface area (Å²) in [5, 5.41) is 10.3. The highest BCUT2D eigenvalue weighted by Gasteiger charge is 2.32. The summed E-state index contributed by atoms with van der Waals surface area (Å²) in [7, 11) is 0. The number of aliphatic hydroxyl groups excluding tert-OH is 1. The smallest absolute Gasteiger partial charge is 0.0547 e. The average molecular weight is 241 g/mol. The second-order valence-corrected chi connectivity index (χ2v) is 5.05. The molecule has 1 aliphatic heterocycles. The van der Waals surface area contributed by atoms with E-state index in [0.717, 1.165) is 30.9 Å². The molecule has 0 radical (unpaired) electrons. The Bertz CT molecular complexity index is 328. The van der Waals surface area contributed by atoms with Crippen LogP contribution in [0.1, 0.15) is 18.4 Å². The number of hydrogen-bond acceptors (Lipinski definition) is 2. The molecule has 0 bridgehead atoms. The van der Waals surface area contributed by atoms with Gasteiger partial charge in [0.1, 0.15) is 0 Å². The molecule has 1 unspecified atom stereocenters. The van der Waals surface area contributed by atoms with Crippen molar-refractivity contribution < 1.29 is 9.84 Å². The lowest BCUT2D eigenvalue weighted by Gasteiger charge is -2.35. The number of ether oxygens (including phenoxy) is 1. The van der Waals surface area contributed by atoms with E-state index < -0.39 is 0 Å². The maximum absolute atomic E-state index is 9.55.